The van der Waals surface area contributed by atoms with E-state index in [1.807, 2.05) is 27.0 Å². The molecule has 0 aliphatic rings. The molecule has 10 heteroatoms. The van der Waals surface area contributed by atoms with Gasteiger partial charge in [0.15, 0.2) is 5.65 Å². The van der Waals surface area contributed by atoms with Crippen LogP contribution in [0, 0.1) is 24.0 Å². The molecule has 0 aliphatic heterocycles. The summed E-state index contributed by atoms with van der Waals surface area (Å²) in [6, 6.07) is 8.09. The van der Waals surface area contributed by atoms with Crippen molar-refractivity contribution in [1.82, 2.24) is 29.3 Å². The van der Waals surface area contributed by atoms with Crippen LogP contribution in [0.1, 0.15) is 11.4 Å². The molecule has 1 N–H and O–H groups in total. The van der Waals surface area contributed by atoms with Crippen molar-refractivity contribution >= 4 is 28.5 Å². The summed E-state index contributed by atoms with van der Waals surface area (Å²) < 4.78 is 3.48. The summed E-state index contributed by atoms with van der Waals surface area (Å²) in [5.41, 5.74) is 3.83. The minimum absolute atomic E-state index is 0.0333. The van der Waals surface area contributed by atoms with E-state index in [-0.39, 0.29) is 5.69 Å². The van der Waals surface area contributed by atoms with E-state index >= 15 is 0 Å². The molecule has 0 saturated carbocycles. The lowest BCUT2D eigenvalue weighted by Gasteiger charge is -2.06. The van der Waals surface area contributed by atoms with Crippen LogP contribution in [-0.4, -0.2) is 34.2 Å². The third kappa shape index (κ3) is 2.97. The Morgan fingerprint density at radius 3 is 2.52 bits per heavy atom. The maximum Gasteiger partial charge on any atom is 0.269 e. The van der Waals surface area contributed by atoms with Gasteiger partial charge in [0.25, 0.3) is 11.6 Å². The number of nitrogens with one attached hydrogen (secondary N) is 1. The van der Waals surface area contributed by atoms with Gasteiger partial charge >= 0.3 is 0 Å². The normalized spacial score (nSPS) is 11.1. The number of fused-ring (bicyclic) bond motifs is 1. The molecule has 3 heterocycles. The summed E-state index contributed by atoms with van der Waals surface area (Å²) in [4.78, 5) is 23.8. The Balaban J connectivity index is 1.69. The number of anilines is 2. The highest BCUT2D eigenvalue weighted by Gasteiger charge is 2.14. The zero-order valence-corrected chi connectivity index (χ0v) is 14.9. The Hall–Kier alpha value is -3.82. The van der Waals surface area contributed by atoms with Crippen LogP contribution < -0.4 is 5.32 Å². The van der Waals surface area contributed by atoms with Gasteiger partial charge in [-0.05, 0) is 32.0 Å². The lowest BCUT2D eigenvalue weighted by atomic mass is 10.3. The lowest BCUT2D eigenvalue weighted by molar-refractivity contribution is -0.384. The van der Waals surface area contributed by atoms with Crippen molar-refractivity contribution in [2.24, 2.45) is 7.05 Å². The van der Waals surface area contributed by atoms with Gasteiger partial charge in [-0.25, -0.2) is 14.6 Å². The first-order valence-electron chi connectivity index (χ1n) is 8.17. The van der Waals surface area contributed by atoms with Crippen LogP contribution in [0.3, 0.4) is 0 Å². The highest BCUT2D eigenvalue weighted by molar-refractivity contribution is 5.75. The van der Waals surface area contributed by atoms with Gasteiger partial charge in [0, 0.05) is 30.6 Å². The van der Waals surface area contributed by atoms with E-state index in [0.717, 1.165) is 11.4 Å². The monoisotopic (exact) mass is 364 g/mol. The fraction of sp³-hybridized carbons (Fsp3) is 0.176. The van der Waals surface area contributed by atoms with Gasteiger partial charge in [-0.2, -0.15) is 10.1 Å². The van der Waals surface area contributed by atoms with E-state index in [0.29, 0.717) is 28.7 Å². The number of rotatable bonds is 4. The summed E-state index contributed by atoms with van der Waals surface area (Å²) >= 11 is 0. The fourth-order valence-electron chi connectivity index (χ4n) is 2.81. The molecule has 27 heavy (non-hydrogen) atoms. The number of aromatic nitrogens is 6. The second-order valence-corrected chi connectivity index (χ2v) is 6.14. The minimum atomic E-state index is -0.436. The van der Waals surface area contributed by atoms with E-state index in [1.54, 1.807) is 27.6 Å². The van der Waals surface area contributed by atoms with Gasteiger partial charge in [-0.3, -0.25) is 14.7 Å². The van der Waals surface area contributed by atoms with Crippen molar-refractivity contribution in [2.45, 2.75) is 13.8 Å². The van der Waals surface area contributed by atoms with E-state index in [2.05, 4.69) is 25.4 Å². The molecule has 10 nitrogen and oxygen atoms in total. The predicted octanol–water partition coefficient (Wildman–Crippen LogP) is 2.82. The number of aryl methyl sites for hydroxylation is 3. The molecule has 0 fully saturated rings. The van der Waals surface area contributed by atoms with Gasteiger partial charge in [0.2, 0.25) is 5.95 Å². The van der Waals surface area contributed by atoms with Crippen molar-refractivity contribution in [3.8, 4) is 5.95 Å². The van der Waals surface area contributed by atoms with Crippen LogP contribution in [0.5, 0.6) is 0 Å². The van der Waals surface area contributed by atoms with Crippen molar-refractivity contribution in [1.29, 1.82) is 0 Å². The van der Waals surface area contributed by atoms with Gasteiger partial charge in [-0.1, -0.05) is 0 Å². The molecule has 0 aliphatic carbocycles. The van der Waals surface area contributed by atoms with Crippen molar-refractivity contribution in [2.75, 3.05) is 5.32 Å². The highest BCUT2D eigenvalue weighted by Crippen LogP contribution is 2.22. The maximum atomic E-state index is 10.8. The second kappa shape index (κ2) is 6.16. The molecule has 0 atom stereocenters. The minimum Gasteiger partial charge on any atom is -0.326 e. The summed E-state index contributed by atoms with van der Waals surface area (Å²) in [6.45, 7) is 3.86. The molecule has 1 aromatic carbocycles. The molecule has 0 radical (unpaired) electrons. The van der Waals surface area contributed by atoms with Crippen LogP contribution in [-0.2, 0) is 7.05 Å². The van der Waals surface area contributed by atoms with Crippen LogP contribution in [0.4, 0.5) is 17.3 Å². The summed E-state index contributed by atoms with van der Waals surface area (Å²) in [7, 11) is 1.83. The molecule has 0 spiro atoms. The van der Waals surface area contributed by atoms with Crippen molar-refractivity contribution < 1.29 is 4.92 Å². The zero-order valence-electron chi connectivity index (χ0n) is 14.9. The molecule has 136 valence electrons. The fourth-order valence-corrected chi connectivity index (χ4v) is 2.81. The van der Waals surface area contributed by atoms with Crippen molar-refractivity contribution in [3.63, 3.8) is 0 Å². The van der Waals surface area contributed by atoms with Gasteiger partial charge in [-0.15, -0.1) is 0 Å². The van der Waals surface area contributed by atoms with E-state index in [1.165, 1.54) is 12.1 Å². The second-order valence-electron chi connectivity index (χ2n) is 6.14. The molecule has 0 bridgehead atoms. The first-order chi connectivity index (χ1) is 12.9. The summed E-state index contributed by atoms with van der Waals surface area (Å²) in [5, 5.41) is 18.3. The van der Waals surface area contributed by atoms with Gasteiger partial charge in [0.1, 0.15) is 5.52 Å². The molecule has 0 saturated heterocycles. The third-order valence-corrected chi connectivity index (χ3v) is 4.13. The Morgan fingerprint density at radius 2 is 1.89 bits per heavy atom. The van der Waals surface area contributed by atoms with Crippen LogP contribution in [0.15, 0.2) is 36.5 Å². The topological polar surface area (TPSA) is 117 Å². The van der Waals surface area contributed by atoms with Gasteiger partial charge in [0.05, 0.1) is 16.8 Å². The summed E-state index contributed by atoms with van der Waals surface area (Å²) in [5.74, 6) is 1.02. The average molecular weight is 364 g/mol. The van der Waals surface area contributed by atoms with E-state index < -0.39 is 4.92 Å². The number of nitro groups is 1. The highest BCUT2D eigenvalue weighted by atomic mass is 16.6. The number of nitrogens with zero attached hydrogens (tertiary/aromatic N) is 7. The molecular weight excluding hydrogens is 348 g/mol. The van der Waals surface area contributed by atoms with E-state index in [9.17, 15) is 10.1 Å². The molecule has 4 aromatic rings. The van der Waals surface area contributed by atoms with Crippen LogP contribution in [0.25, 0.3) is 17.1 Å². The predicted molar refractivity (Wildman–Crippen MR) is 99.3 cm³/mol. The first kappa shape index (κ1) is 16.6. The number of benzene rings is 1. The Bertz CT molecular complexity index is 1160. The third-order valence-electron chi connectivity index (χ3n) is 4.13. The number of non-ortho nitro benzene ring substituents is 1. The number of imidazole rings is 1. The SMILES string of the molecule is Cc1cc(C)n(-c2ncc3nc(Nc4ccc([N+](=O)[O-])cc4)n(C)c3n2)n1. The Labute approximate surface area is 153 Å². The van der Waals surface area contributed by atoms with E-state index in [4.69, 9.17) is 0 Å². The standard InChI is InChI=1S/C17H16N8O2/c1-10-8-11(2)24(22-10)16-18-9-14-15(21-16)23(3)17(20-14)19-12-4-6-13(7-5-12)25(26)27/h4-9H,1-3H3,(H,19,20). The molecule has 3 aromatic heterocycles. The zero-order chi connectivity index (χ0) is 19.1. The molecule has 0 unspecified atom stereocenters. The first-order valence-corrected chi connectivity index (χ1v) is 8.17. The molecule has 0 amide bonds. The number of hydrogen-bond acceptors (Lipinski definition) is 7. The average Bonchev–Trinajstić information content (AvgIpc) is 3.14. The quantitative estimate of drug-likeness (QED) is 0.437. The number of nitro benzene ring substituents is 1. The summed E-state index contributed by atoms with van der Waals surface area (Å²) in [6.07, 6.45) is 1.65. The largest absolute Gasteiger partial charge is 0.326 e. The molecule has 4 rings (SSSR count). The Kier molecular flexibility index (Phi) is 3.80. The lowest BCUT2D eigenvalue weighted by Crippen LogP contribution is -2.06. The van der Waals surface area contributed by atoms with Gasteiger partial charge < -0.3 is 5.32 Å². The van der Waals surface area contributed by atoms with Crippen LogP contribution in [0.2, 0.25) is 0 Å². The smallest absolute Gasteiger partial charge is 0.269 e. The van der Waals surface area contributed by atoms with Crippen molar-refractivity contribution in [3.05, 3.63) is 58.0 Å². The number of hydrogen-bond donors (Lipinski definition) is 1. The molecular formula is C17H16N8O2. The van der Waals surface area contributed by atoms with Crippen LogP contribution >= 0.6 is 0 Å². The Morgan fingerprint density at radius 1 is 1.15 bits per heavy atom. The maximum absolute atomic E-state index is 10.8.